The molecule has 0 radical (unpaired) electrons. The number of hydrogen-bond acceptors (Lipinski definition) is 5. The van der Waals surface area contributed by atoms with Crippen molar-refractivity contribution in [1.82, 2.24) is 24.6 Å². The second-order valence-electron chi connectivity index (χ2n) is 9.76. The zero-order valence-electron chi connectivity index (χ0n) is 19.5. The molecule has 1 amide bonds. The molecule has 1 aromatic carbocycles. The van der Waals surface area contributed by atoms with Gasteiger partial charge in [0.1, 0.15) is 5.82 Å². The number of nitrogens with zero attached hydrogens (tertiary/aromatic N) is 6. The van der Waals surface area contributed by atoms with Crippen molar-refractivity contribution in [3.63, 3.8) is 0 Å². The standard InChI is InChI=1S/C25H36N6O/c1-19(2)28-15-17-29(18-16-28)21-11-9-20(10-12-21)25(32)30-14-6-7-22(30)24-27-26-23-8-4-3-5-13-31(23)24/h9-12,19,22H,3-8,13-18H2,1-2H3. The van der Waals surface area contributed by atoms with Crippen LogP contribution in [0, 0.1) is 0 Å². The van der Waals surface area contributed by atoms with Crippen LogP contribution in [0.1, 0.15) is 74.0 Å². The van der Waals surface area contributed by atoms with Gasteiger partial charge in [-0.2, -0.15) is 0 Å². The van der Waals surface area contributed by atoms with Gasteiger partial charge in [-0.1, -0.05) is 6.42 Å². The molecule has 3 aliphatic heterocycles. The lowest BCUT2D eigenvalue weighted by Gasteiger charge is -2.38. The van der Waals surface area contributed by atoms with Crippen molar-refractivity contribution in [2.24, 2.45) is 0 Å². The number of carbonyl (C=O) groups excluding carboxylic acids is 1. The molecule has 0 spiro atoms. The Hall–Kier alpha value is -2.41. The molecule has 4 heterocycles. The number of aryl methyl sites for hydroxylation is 1. The van der Waals surface area contributed by atoms with Gasteiger partial charge in [0.25, 0.3) is 5.91 Å². The van der Waals surface area contributed by atoms with Gasteiger partial charge >= 0.3 is 0 Å². The first-order valence-electron chi connectivity index (χ1n) is 12.4. The Morgan fingerprint density at radius 3 is 2.44 bits per heavy atom. The van der Waals surface area contributed by atoms with Crippen molar-refractivity contribution in [2.75, 3.05) is 37.6 Å². The van der Waals surface area contributed by atoms with Gasteiger partial charge in [0.15, 0.2) is 5.82 Å². The highest BCUT2D eigenvalue weighted by Gasteiger charge is 2.35. The van der Waals surface area contributed by atoms with Crippen LogP contribution in [0.2, 0.25) is 0 Å². The van der Waals surface area contributed by atoms with E-state index in [-0.39, 0.29) is 11.9 Å². The van der Waals surface area contributed by atoms with Crippen LogP contribution in [0.3, 0.4) is 0 Å². The lowest BCUT2D eigenvalue weighted by molar-refractivity contribution is 0.0727. The minimum Gasteiger partial charge on any atom is -0.369 e. The Kier molecular flexibility index (Phi) is 6.17. The summed E-state index contributed by atoms with van der Waals surface area (Å²) < 4.78 is 2.29. The van der Waals surface area contributed by atoms with Crippen molar-refractivity contribution in [2.45, 2.75) is 71.0 Å². The molecule has 2 saturated heterocycles. The van der Waals surface area contributed by atoms with E-state index in [1.807, 2.05) is 17.0 Å². The number of aromatic nitrogens is 3. The summed E-state index contributed by atoms with van der Waals surface area (Å²) in [5, 5.41) is 9.02. The molecule has 1 atom stereocenters. The Bertz CT molecular complexity index is 928. The normalized spacial score (nSPS) is 22.3. The van der Waals surface area contributed by atoms with Crippen LogP contribution in [0.25, 0.3) is 0 Å². The van der Waals surface area contributed by atoms with Gasteiger partial charge in [0.2, 0.25) is 0 Å². The van der Waals surface area contributed by atoms with E-state index in [1.54, 1.807) is 0 Å². The van der Waals surface area contributed by atoms with E-state index in [1.165, 1.54) is 24.9 Å². The van der Waals surface area contributed by atoms with Crippen molar-refractivity contribution >= 4 is 11.6 Å². The third-order valence-corrected chi connectivity index (χ3v) is 7.47. The number of hydrogen-bond donors (Lipinski definition) is 0. The zero-order chi connectivity index (χ0) is 22.1. The maximum atomic E-state index is 13.4. The van der Waals surface area contributed by atoms with Crippen LogP contribution in [0.5, 0.6) is 0 Å². The molecule has 0 N–H and O–H groups in total. The largest absolute Gasteiger partial charge is 0.369 e. The lowest BCUT2D eigenvalue weighted by atomic mass is 10.1. The van der Waals surface area contributed by atoms with E-state index < -0.39 is 0 Å². The van der Waals surface area contributed by atoms with E-state index in [0.717, 1.165) is 75.7 Å². The SMILES string of the molecule is CC(C)N1CCN(c2ccc(C(=O)N3CCCC3c3nnc4n3CCCCC4)cc2)CC1. The van der Waals surface area contributed by atoms with Crippen molar-refractivity contribution in [3.8, 4) is 0 Å². The number of amides is 1. The summed E-state index contributed by atoms with van der Waals surface area (Å²) in [5.74, 6) is 2.21. The molecule has 7 heteroatoms. The fourth-order valence-electron chi connectivity index (χ4n) is 5.51. The summed E-state index contributed by atoms with van der Waals surface area (Å²) in [6, 6.07) is 8.90. The van der Waals surface area contributed by atoms with Gasteiger partial charge < -0.3 is 14.4 Å². The molecule has 1 unspecified atom stereocenters. The molecule has 3 aliphatic rings. The summed E-state index contributed by atoms with van der Waals surface area (Å²) in [6.07, 6.45) is 6.60. The number of benzene rings is 1. The summed E-state index contributed by atoms with van der Waals surface area (Å²) in [7, 11) is 0. The Morgan fingerprint density at radius 1 is 0.906 bits per heavy atom. The van der Waals surface area contributed by atoms with E-state index in [2.05, 4.69) is 50.5 Å². The first-order valence-corrected chi connectivity index (χ1v) is 12.4. The van der Waals surface area contributed by atoms with Gasteiger partial charge in [-0.05, 0) is 63.8 Å². The van der Waals surface area contributed by atoms with Gasteiger partial charge in [-0.15, -0.1) is 10.2 Å². The molecule has 0 aliphatic carbocycles. The van der Waals surface area contributed by atoms with Gasteiger partial charge in [0, 0.05) is 63.0 Å². The van der Waals surface area contributed by atoms with Gasteiger partial charge in [-0.25, -0.2) is 0 Å². The molecule has 0 saturated carbocycles. The van der Waals surface area contributed by atoms with Crippen LogP contribution >= 0.6 is 0 Å². The fourth-order valence-corrected chi connectivity index (χ4v) is 5.51. The Balaban J connectivity index is 1.28. The van der Waals surface area contributed by atoms with Crippen LogP contribution in [0.4, 0.5) is 5.69 Å². The second-order valence-corrected chi connectivity index (χ2v) is 9.76. The highest BCUT2D eigenvalue weighted by atomic mass is 16.2. The molecule has 172 valence electrons. The number of anilines is 1. The zero-order valence-corrected chi connectivity index (χ0v) is 19.5. The topological polar surface area (TPSA) is 57.5 Å². The van der Waals surface area contributed by atoms with Crippen molar-refractivity contribution in [1.29, 1.82) is 0 Å². The molecule has 32 heavy (non-hydrogen) atoms. The molecule has 0 bridgehead atoms. The maximum Gasteiger partial charge on any atom is 0.254 e. The minimum absolute atomic E-state index is 0.0469. The third kappa shape index (κ3) is 4.15. The number of carbonyl (C=O) groups is 1. The predicted octanol–water partition coefficient (Wildman–Crippen LogP) is 3.51. The first kappa shape index (κ1) is 21.4. The van der Waals surface area contributed by atoms with E-state index >= 15 is 0 Å². The van der Waals surface area contributed by atoms with Crippen LogP contribution in [-0.2, 0) is 13.0 Å². The molecular formula is C25H36N6O. The number of fused-ring (bicyclic) bond motifs is 1. The average molecular weight is 437 g/mol. The van der Waals surface area contributed by atoms with E-state index in [4.69, 9.17) is 0 Å². The summed E-state index contributed by atoms with van der Waals surface area (Å²) >= 11 is 0. The van der Waals surface area contributed by atoms with E-state index in [9.17, 15) is 4.79 Å². The van der Waals surface area contributed by atoms with Crippen LogP contribution in [0.15, 0.2) is 24.3 Å². The average Bonchev–Trinajstić information content (AvgIpc) is 3.39. The predicted molar refractivity (Wildman–Crippen MR) is 126 cm³/mol. The third-order valence-electron chi connectivity index (χ3n) is 7.47. The first-order chi connectivity index (χ1) is 15.6. The number of rotatable bonds is 4. The quantitative estimate of drug-likeness (QED) is 0.734. The molecule has 2 aromatic rings. The molecule has 7 nitrogen and oxygen atoms in total. The van der Waals surface area contributed by atoms with Crippen molar-refractivity contribution < 1.29 is 4.79 Å². The van der Waals surface area contributed by atoms with Gasteiger partial charge in [-0.3, -0.25) is 9.69 Å². The molecule has 5 rings (SSSR count). The van der Waals surface area contributed by atoms with Crippen LogP contribution in [-0.4, -0.2) is 69.2 Å². The molecular weight excluding hydrogens is 400 g/mol. The molecule has 2 fully saturated rings. The van der Waals surface area contributed by atoms with Gasteiger partial charge in [0.05, 0.1) is 6.04 Å². The Labute approximate surface area is 191 Å². The highest BCUT2D eigenvalue weighted by Crippen LogP contribution is 2.33. The monoisotopic (exact) mass is 436 g/mol. The minimum atomic E-state index is 0.0469. The number of likely N-dealkylation sites (tertiary alicyclic amines) is 1. The second kappa shape index (κ2) is 9.22. The number of piperazine rings is 1. The summed E-state index contributed by atoms with van der Waals surface area (Å²) in [6.45, 7) is 10.6. The summed E-state index contributed by atoms with van der Waals surface area (Å²) in [4.78, 5) is 20.4. The maximum absolute atomic E-state index is 13.4. The Morgan fingerprint density at radius 2 is 1.69 bits per heavy atom. The summed E-state index contributed by atoms with van der Waals surface area (Å²) in [5.41, 5.74) is 1.99. The lowest BCUT2D eigenvalue weighted by Crippen LogP contribution is -2.48. The molecule has 1 aromatic heterocycles. The van der Waals surface area contributed by atoms with Crippen LogP contribution < -0.4 is 4.90 Å². The smallest absolute Gasteiger partial charge is 0.254 e. The van der Waals surface area contributed by atoms with Crippen molar-refractivity contribution in [3.05, 3.63) is 41.5 Å². The fraction of sp³-hybridized carbons (Fsp3) is 0.640. The van der Waals surface area contributed by atoms with E-state index in [0.29, 0.717) is 6.04 Å². The highest BCUT2D eigenvalue weighted by molar-refractivity contribution is 5.95.